The summed E-state index contributed by atoms with van der Waals surface area (Å²) in [5.41, 5.74) is 4.39. The zero-order valence-corrected chi connectivity index (χ0v) is 18.0. The fourth-order valence-corrected chi connectivity index (χ4v) is 5.11. The van der Waals surface area contributed by atoms with Gasteiger partial charge in [0.1, 0.15) is 0 Å². The minimum Gasteiger partial charge on any atom is -0.493 e. The predicted molar refractivity (Wildman–Crippen MR) is 117 cm³/mol. The number of thiazole rings is 1. The van der Waals surface area contributed by atoms with Gasteiger partial charge in [-0.25, -0.2) is 4.98 Å². The number of amides is 1. The number of rotatable bonds is 6. The molecular weight excluding hydrogens is 404 g/mol. The van der Waals surface area contributed by atoms with Crippen molar-refractivity contribution in [2.75, 3.05) is 26.5 Å². The van der Waals surface area contributed by atoms with Crippen LogP contribution in [0.3, 0.4) is 0 Å². The van der Waals surface area contributed by atoms with Crippen molar-refractivity contribution in [3.05, 3.63) is 59.0 Å². The van der Waals surface area contributed by atoms with E-state index in [-0.39, 0.29) is 5.91 Å². The van der Waals surface area contributed by atoms with Crippen molar-refractivity contribution < 1.29 is 14.3 Å². The highest BCUT2D eigenvalue weighted by atomic mass is 32.2. The Kier molecular flexibility index (Phi) is 6.06. The largest absolute Gasteiger partial charge is 0.493 e. The molecular formula is C22H22N2O3S2. The van der Waals surface area contributed by atoms with Gasteiger partial charge in [-0.3, -0.25) is 4.79 Å². The van der Waals surface area contributed by atoms with Crippen LogP contribution in [0.25, 0.3) is 11.3 Å². The van der Waals surface area contributed by atoms with Gasteiger partial charge < -0.3 is 14.4 Å². The Labute approximate surface area is 178 Å². The summed E-state index contributed by atoms with van der Waals surface area (Å²) in [6.45, 7) is 1.32. The number of benzene rings is 2. The number of methoxy groups -OCH3 is 2. The first-order valence-electron chi connectivity index (χ1n) is 9.33. The highest BCUT2D eigenvalue weighted by molar-refractivity contribution is 8.01. The molecule has 1 aromatic heterocycles. The first kappa shape index (κ1) is 19.8. The average Bonchev–Trinajstić information content (AvgIpc) is 3.25. The molecule has 1 amide bonds. The van der Waals surface area contributed by atoms with E-state index >= 15 is 0 Å². The first-order chi connectivity index (χ1) is 14.2. The van der Waals surface area contributed by atoms with E-state index in [0.717, 1.165) is 39.9 Å². The summed E-state index contributed by atoms with van der Waals surface area (Å²) in [5, 5.41) is 2.04. The number of carbonyl (C=O) groups is 1. The molecule has 0 radical (unpaired) electrons. The van der Waals surface area contributed by atoms with Crippen molar-refractivity contribution in [3.8, 4) is 22.8 Å². The Morgan fingerprint density at radius 1 is 1.14 bits per heavy atom. The Morgan fingerprint density at radius 2 is 1.86 bits per heavy atom. The molecule has 0 N–H and O–H groups in total. The number of ether oxygens (including phenoxy) is 2. The van der Waals surface area contributed by atoms with Crippen molar-refractivity contribution in [1.82, 2.24) is 9.88 Å². The van der Waals surface area contributed by atoms with E-state index in [1.807, 2.05) is 52.7 Å². The molecule has 150 valence electrons. The van der Waals surface area contributed by atoms with Crippen molar-refractivity contribution in [1.29, 1.82) is 0 Å². The average molecular weight is 427 g/mol. The number of aromatic nitrogens is 1. The van der Waals surface area contributed by atoms with E-state index in [0.29, 0.717) is 18.0 Å². The molecule has 2 aromatic carbocycles. The molecule has 4 rings (SSSR count). The molecule has 2 heterocycles. The van der Waals surface area contributed by atoms with Crippen molar-refractivity contribution in [3.63, 3.8) is 0 Å². The van der Waals surface area contributed by atoms with E-state index in [1.165, 1.54) is 17.3 Å². The normalized spacial score (nSPS) is 13.1. The summed E-state index contributed by atoms with van der Waals surface area (Å²) in [5.74, 6) is 1.96. The van der Waals surface area contributed by atoms with Gasteiger partial charge >= 0.3 is 0 Å². The molecule has 29 heavy (non-hydrogen) atoms. The second-order valence-electron chi connectivity index (χ2n) is 6.69. The molecule has 0 spiro atoms. The van der Waals surface area contributed by atoms with Crippen LogP contribution in [0.5, 0.6) is 11.5 Å². The third kappa shape index (κ3) is 4.41. The van der Waals surface area contributed by atoms with Crippen molar-refractivity contribution >= 4 is 29.0 Å². The van der Waals surface area contributed by atoms with Gasteiger partial charge in [0.2, 0.25) is 5.91 Å². The lowest BCUT2D eigenvalue weighted by Crippen LogP contribution is -2.37. The van der Waals surface area contributed by atoms with Gasteiger partial charge in [-0.15, -0.1) is 11.3 Å². The molecule has 0 atom stereocenters. The smallest absolute Gasteiger partial charge is 0.233 e. The molecule has 3 aromatic rings. The minimum atomic E-state index is 0.131. The van der Waals surface area contributed by atoms with E-state index in [1.54, 1.807) is 25.6 Å². The lowest BCUT2D eigenvalue weighted by molar-refractivity contribution is -0.129. The van der Waals surface area contributed by atoms with E-state index in [4.69, 9.17) is 9.47 Å². The molecule has 0 unspecified atom stereocenters. The number of fused-ring (bicyclic) bond motifs is 1. The third-order valence-corrected chi connectivity index (χ3v) is 6.95. The van der Waals surface area contributed by atoms with Crippen LogP contribution in [0.15, 0.2) is 52.2 Å². The van der Waals surface area contributed by atoms with Crippen LogP contribution in [0, 0.1) is 0 Å². The highest BCUT2D eigenvalue weighted by Crippen LogP contribution is 2.34. The number of hydrogen-bond acceptors (Lipinski definition) is 6. The van der Waals surface area contributed by atoms with Crippen LogP contribution < -0.4 is 9.47 Å². The van der Waals surface area contributed by atoms with Crippen LogP contribution in [0.1, 0.15) is 11.1 Å². The van der Waals surface area contributed by atoms with Gasteiger partial charge in [-0.1, -0.05) is 42.1 Å². The van der Waals surface area contributed by atoms with E-state index in [2.05, 4.69) is 4.98 Å². The summed E-state index contributed by atoms with van der Waals surface area (Å²) >= 11 is 3.09. The number of carbonyl (C=O) groups excluding carboxylic acids is 1. The number of hydrogen-bond donors (Lipinski definition) is 0. The van der Waals surface area contributed by atoms with Crippen LogP contribution in [0.4, 0.5) is 0 Å². The predicted octanol–water partition coefficient (Wildman–Crippen LogP) is 4.50. The van der Waals surface area contributed by atoms with Gasteiger partial charge in [-0.2, -0.15) is 0 Å². The lowest BCUT2D eigenvalue weighted by atomic mass is 9.99. The molecule has 1 aliphatic rings. The summed E-state index contributed by atoms with van der Waals surface area (Å²) in [6.07, 6.45) is 0.821. The molecule has 0 aliphatic carbocycles. The standard InChI is InChI=1S/C22H22N2O3S2/c1-26-19-10-16-8-9-24(12-17(16)11-20(19)27-2)21(25)14-29-22-23-18(13-28-22)15-6-4-3-5-7-15/h3-7,10-11,13H,8-9,12,14H2,1-2H3. The SMILES string of the molecule is COc1cc2c(cc1OC)CN(C(=O)CSc1nc(-c3ccccc3)cs1)CC2. The number of thioether (sulfide) groups is 1. The summed E-state index contributed by atoms with van der Waals surface area (Å²) < 4.78 is 11.7. The van der Waals surface area contributed by atoms with Gasteiger partial charge in [0.15, 0.2) is 15.8 Å². The molecule has 0 bridgehead atoms. The minimum absolute atomic E-state index is 0.131. The zero-order valence-electron chi connectivity index (χ0n) is 16.4. The molecule has 0 saturated heterocycles. The number of nitrogens with zero attached hydrogens (tertiary/aromatic N) is 2. The first-order valence-corrected chi connectivity index (χ1v) is 11.2. The quantitative estimate of drug-likeness (QED) is 0.543. The zero-order chi connectivity index (χ0) is 20.2. The molecule has 0 fully saturated rings. The topological polar surface area (TPSA) is 51.7 Å². The van der Waals surface area contributed by atoms with E-state index < -0.39 is 0 Å². The summed E-state index contributed by atoms with van der Waals surface area (Å²) in [4.78, 5) is 19.3. The van der Waals surface area contributed by atoms with Crippen LogP contribution in [-0.4, -0.2) is 42.3 Å². The van der Waals surface area contributed by atoms with Crippen molar-refractivity contribution in [2.24, 2.45) is 0 Å². The Hall–Kier alpha value is -2.51. The van der Waals surface area contributed by atoms with Crippen molar-refractivity contribution in [2.45, 2.75) is 17.3 Å². The maximum Gasteiger partial charge on any atom is 0.233 e. The maximum absolute atomic E-state index is 12.8. The second kappa shape index (κ2) is 8.88. The van der Waals surface area contributed by atoms with Crippen LogP contribution >= 0.6 is 23.1 Å². The van der Waals surface area contributed by atoms with Gasteiger partial charge in [0.25, 0.3) is 0 Å². The Bertz CT molecular complexity index is 1000. The summed E-state index contributed by atoms with van der Waals surface area (Å²) in [7, 11) is 3.27. The second-order valence-corrected chi connectivity index (χ2v) is 8.78. The Balaban J connectivity index is 1.38. The monoisotopic (exact) mass is 426 g/mol. The molecule has 0 saturated carbocycles. The van der Waals surface area contributed by atoms with Crippen LogP contribution in [0.2, 0.25) is 0 Å². The van der Waals surface area contributed by atoms with Gasteiger partial charge in [-0.05, 0) is 29.7 Å². The fraction of sp³-hybridized carbons (Fsp3) is 0.273. The Morgan fingerprint density at radius 3 is 2.59 bits per heavy atom. The highest BCUT2D eigenvalue weighted by Gasteiger charge is 2.23. The lowest BCUT2D eigenvalue weighted by Gasteiger charge is -2.29. The third-order valence-electron chi connectivity index (χ3n) is 4.94. The fourth-order valence-electron chi connectivity index (χ4n) is 3.38. The molecule has 5 nitrogen and oxygen atoms in total. The molecule has 7 heteroatoms. The molecule has 1 aliphatic heterocycles. The van der Waals surface area contributed by atoms with Crippen LogP contribution in [-0.2, 0) is 17.8 Å². The maximum atomic E-state index is 12.8. The van der Waals surface area contributed by atoms with E-state index in [9.17, 15) is 4.79 Å². The van der Waals surface area contributed by atoms with Gasteiger partial charge in [0.05, 0.1) is 25.7 Å². The van der Waals surface area contributed by atoms with Gasteiger partial charge in [0, 0.05) is 24.0 Å². The summed E-state index contributed by atoms with van der Waals surface area (Å²) in [6, 6.07) is 14.1.